The first kappa shape index (κ1) is 17.2. The zero-order valence-corrected chi connectivity index (χ0v) is 12.3. The number of ether oxygens (including phenoxy) is 1. The first-order chi connectivity index (χ1) is 11.3. The van der Waals surface area contributed by atoms with E-state index in [0.29, 0.717) is 5.71 Å². The Morgan fingerprint density at radius 2 is 2.25 bits per heavy atom. The number of fused-ring (bicyclic) bond motifs is 1. The van der Waals surface area contributed by atoms with Crippen LogP contribution in [0.4, 0.5) is 18.0 Å². The summed E-state index contributed by atoms with van der Waals surface area (Å²) in [6.07, 6.45) is -0.359. The third-order valence-electron chi connectivity index (χ3n) is 2.80. The molecule has 0 spiro atoms. The number of carbonyl (C=O) groups is 1. The Morgan fingerprint density at radius 3 is 2.88 bits per heavy atom. The highest BCUT2D eigenvalue weighted by Crippen LogP contribution is 2.27. The number of amides is 2. The Hall–Kier alpha value is -3.16. The molecule has 24 heavy (non-hydrogen) atoms. The molecule has 1 unspecified atom stereocenters. The molecule has 126 valence electrons. The maximum atomic E-state index is 12.8. The van der Waals surface area contributed by atoms with E-state index in [4.69, 9.17) is 10.00 Å². The molecule has 0 aromatic rings. The van der Waals surface area contributed by atoms with Crippen LogP contribution in [0.1, 0.15) is 6.92 Å². The number of nitrogens with one attached hydrogen (secondary N) is 2. The summed E-state index contributed by atoms with van der Waals surface area (Å²) in [4.78, 5) is 11.9. The predicted octanol–water partition coefficient (Wildman–Crippen LogP) is 2.26. The number of allylic oxidation sites excluding steroid dienone is 2. The Morgan fingerprint density at radius 1 is 1.50 bits per heavy atom. The van der Waals surface area contributed by atoms with Crippen LogP contribution in [0, 0.1) is 11.3 Å². The molecule has 0 aromatic heterocycles. The van der Waals surface area contributed by atoms with Crippen LogP contribution in [0.15, 0.2) is 50.8 Å². The molecule has 1 aliphatic carbocycles. The molecule has 0 radical (unpaired) electrons. The van der Waals surface area contributed by atoms with Crippen LogP contribution in [-0.4, -0.2) is 30.6 Å². The summed E-state index contributed by atoms with van der Waals surface area (Å²) in [6, 6.07) is -0.348. The smallest absolute Gasteiger partial charge is 0.431 e. The van der Waals surface area contributed by atoms with Gasteiger partial charge in [0.15, 0.2) is 5.57 Å². The van der Waals surface area contributed by atoms with Gasteiger partial charge in [0.1, 0.15) is 12.1 Å². The second kappa shape index (κ2) is 6.95. The van der Waals surface area contributed by atoms with Crippen molar-refractivity contribution in [3.05, 3.63) is 35.4 Å². The maximum absolute atomic E-state index is 12.8. The molecule has 8 nitrogen and oxygen atoms in total. The lowest BCUT2D eigenvalue weighted by atomic mass is 10.1. The average Bonchev–Trinajstić information content (AvgIpc) is 2.94. The van der Waals surface area contributed by atoms with E-state index < -0.39 is 23.7 Å². The lowest BCUT2D eigenvalue weighted by molar-refractivity contribution is -0.0912. The van der Waals surface area contributed by atoms with E-state index in [1.807, 2.05) is 5.32 Å². The Bertz CT molecular complexity index is 727. The van der Waals surface area contributed by atoms with Crippen molar-refractivity contribution in [2.75, 3.05) is 6.61 Å². The molecule has 0 aromatic carbocycles. The molecule has 0 saturated heterocycles. The van der Waals surface area contributed by atoms with Gasteiger partial charge in [0.05, 0.1) is 12.3 Å². The SMILES string of the molecule is CCO/C(NC(=O)NC1=CC2=NN=NC2C=C1)=C(/C#N)C(F)(F)F. The summed E-state index contributed by atoms with van der Waals surface area (Å²) in [6.45, 7) is 1.25. The minimum absolute atomic E-state index is 0.166. The number of nitrogens with zero attached hydrogens (tertiary/aromatic N) is 4. The molecule has 0 bridgehead atoms. The Labute approximate surface area is 134 Å². The summed E-state index contributed by atoms with van der Waals surface area (Å²) >= 11 is 0. The highest BCUT2D eigenvalue weighted by atomic mass is 19.4. The predicted molar refractivity (Wildman–Crippen MR) is 75.3 cm³/mol. The van der Waals surface area contributed by atoms with Crippen molar-refractivity contribution in [3.8, 4) is 6.07 Å². The lowest BCUT2D eigenvalue weighted by Gasteiger charge is -2.16. The van der Waals surface area contributed by atoms with Gasteiger partial charge in [0, 0.05) is 5.70 Å². The van der Waals surface area contributed by atoms with Crippen LogP contribution in [-0.2, 0) is 4.74 Å². The minimum Gasteiger partial charge on any atom is -0.478 e. The fourth-order valence-corrected chi connectivity index (χ4v) is 1.81. The summed E-state index contributed by atoms with van der Waals surface area (Å²) < 4.78 is 43.0. The third-order valence-corrected chi connectivity index (χ3v) is 2.80. The van der Waals surface area contributed by atoms with Gasteiger partial charge >= 0.3 is 12.2 Å². The van der Waals surface area contributed by atoms with Gasteiger partial charge in [-0.25, -0.2) is 4.79 Å². The summed E-state index contributed by atoms with van der Waals surface area (Å²) in [5.74, 6) is -0.966. The van der Waals surface area contributed by atoms with Crippen molar-refractivity contribution < 1.29 is 22.7 Å². The lowest BCUT2D eigenvalue weighted by Crippen LogP contribution is -2.37. The van der Waals surface area contributed by atoms with Gasteiger partial charge in [-0.3, -0.25) is 5.32 Å². The number of carbonyl (C=O) groups excluding carboxylic acids is 1. The van der Waals surface area contributed by atoms with Gasteiger partial charge in [-0.1, -0.05) is 6.08 Å². The second-order valence-electron chi connectivity index (χ2n) is 4.46. The maximum Gasteiger partial charge on any atom is 0.431 e. The fraction of sp³-hybridized carbons (Fsp3) is 0.308. The number of halogens is 3. The summed E-state index contributed by atoms with van der Waals surface area (Å²) in [5, 5.41) is 23.8. The molecule has 0 saturated carbocycles. The number of urea groups is 1. The van der Waals surface area contributed by atoms with E-state index in [9.17, 15) is 18.0 Å². The molecule has 2 N–H and O–H groups in total. The van der Waals surface area contributed by atoms with E-state index in [0.717, 1.165) is 6.07 Å². The molecule has 2 rings (SSSR count). The standard InChI is InChI=1S/C13H11F3N6O2/c1-2-24-11(8(6-17)13(14,15)16)19-12(23)18-7-3-4-9-10(5-7)21-22-20-9/h3-5,9H,2H2,1H3,(H2,18,19,23)/b11-8-. The Balaban J connectivity index is 2.11. The fourth-order valence-electron chi connectivity index (χ4n) is 1.81. The number of hydrogen-bond acceptors (Lipinski definition) is 6. The van der Waals surface area contributed by atoms with Crippen molar-refractivity contribution in [1.82, 2.24) is 10.6 Å². The normalized spacial score (nSPS) is 19.5. The molecule has 0 fully saturated rings. The molecule has 2 aliphatic rings. The van der Waals surface area contributed by atoms with Crippen LogP contribution in [0.3, 0.4) is 0 Å². The number of hydrogen-bond donors (Lipinski definition) is 2. The third kappa shape index (κ3) is 3.97. The Kier molecular flexibility index (Phi) is 4.98. The molecule has 2 amide bonds. The average molecular weight is 340 g/mol. The van der Waals surface area contributed by atoms with E-state index in [1.165, 1.54) is 19.1 Å². The van der Waals surface area contributed by atoms with Crippen LogP contribution >= 0.6 is 0 Å². The summed E-state index contributed by atoms with van der Waals surface area (Å²) in [5.41, 5.74) is -0.872. The van der Waals surface area contributed by atoms with Crippen LogP contribution in [0.5, 0.6) is 0 Å². The first-order valence-corrected chi connectivity index (χ1v) is 6.65. The van der Waals surface area contributed by atoms with Crippen LogP contribution in [0.25, 0.3) is 0 Å². The first-order valence-electron chi connectivity index (χ1n) is 6.65. The number of nitriles is 1. The van der Waals surface area contributed by atoms with E-state index >= 15 is 0 Å². The monoisotopic (exact) mass is 340 g/mol. The van der Waals surface area contributed by atoms with Crippen LogP contribution in [0.2, 0.25) is 0 Å². The van der Waals surface area contributed by atoms with Gasteiger partial charge < -0.3 is 10.1 Å². The molecule has 1 atom stereocenters. The van der Waals surface area contributed by atoms with Gasteiger partial charge in [-0.05, 0) is 24.3 Å². The van der Waals surface area contributed by atoms with Crippen molar-refractivity contribution in [3.63, 3.8) is 0 Å². The van der Waals surface area contributed by atoms with Crippen molar-refractivity contribution >= 4 is 11.7 Å². The molecule has 1 aliphatic heterocycles. The van der Waals surface area contributed by atoms with E-state index in [2.05, 4.69) is 20.8 Å². The molecular formula is C13H11F3N6O2. The summed E-state index contributed by atoms with van der Waals surface area (Å²) in [7, 11) is 0. The second-order valence-corrected chi connectivity index (χ2v) is 4.46. The number of alkyl halides is 3. The molecular weight excluding hydrogens is 329 g/mol. The van der Waals surface area contributed by atoms with Crippen molar-refractivity contribution in [2.45, 2.75) is 19.1 Å². The van der Waals surface area contributed by atoms with Crippen molar-refractivity contribution in [2.24, 2.45) is 15.4 Å². The highest BCUT2D eigenvalue weighted by Gasteiger charge is 2.38. The highest BCUT2D eigenvalue weighted by molar-refractivity contribution is 6.03. The minimum atomic E-state index is -4.95. The number of rotatable bonds is 4. The quantitative estimate of drug-likeness (QED) is 0.605. The van der Waals surface area contributed by atoms with Crippen molar-refractivity contribution in [1.29, 1.82) is 5.26 Å². The van der Waals surface area contributed by atoms with Gasteiger partial charge in [-0.2, -0.15) is 23.5 Å². The van der Waals surface area contributed by atoms with Gasteiger partial charge in [-0.15, -0.1) is 5.10 Å². The topological polar surface area (TPSA) is 111 Å². The van der Waals surface area contributed by atoms with Gasteiger partial charge in [0.25, 0.3) is 0 Å². The zero-order valence-electron chi connectivity index (χ0n) is 12.3. The largest absolute Gasteiger partial charge is 0.478 e. The van der Waals surface area contributed by atoms with E-state index in [-0.39, 0.29) is 18.3 Å². The van der Waals surface area contributed by atoms with Crippen LogP contribution < -0.4 is 10.6 Å². The molecule has 11 heteroatoms. The van der Waals surface area contributed by atoms with E-state index in [1.54, 1.807) is 6.08 Å². The zero-order chi connectivity index (χ0) is 17.7. The molecule has 1 heterocycles. The van der Waals surface area contributed by atoms with Gasteiger partial charge in [0.2, 0.25) is 5.88 Å².